The molecule has 19 heteroatoms. The maximum Gasteiger partial charge on any atom is 0.220 e. The summed E-state index contributed by atoms with van der Waals surface area (Å²) in [6, 6.07) is -0.958. The third-order valence-corrected chi connectivity index (χ3v) is 9.56. The van der Waals surface area contributed by atoms with Crippen LogP contribution < -0.4 is 5.32 Å². The number of amides is 1. The van der Waals surface area contributed by atoms with E-state index >= 15 is 0 Å². The van der Waals surface area contributed by atoms with E-state index in [4.69, 9.17) is 28.4 Å². The lowest BCUT2D eigenvalue weighted by molar-refractivity contribution is -0.379. The van der Waals surface area contributed by atoms with E-state index in [0.29, 0.717) is 6.42 Å². The number of unbranched alkanes of at least 4 members (excludes halogenated alkanes) is 5. The normalized spacial score (nSPS) is 39.2. The van der Waals surface area contributed by atoms with Crippen LogP contribution in [0.5, 0.6) is 0 Å². The molecule has 3 saturated heterocycles. The Hall–Kier alpha value is -1.47. The fourth-order valence-corrected chi connectivity index (χ4v) is 6.35. The number of aliphatic hydroxyl groups excluding tert-OH is 11. The van der Waals surface area contributed by atoms with Crippen LogP contribution in [0.1, 0.15) is 65.2 Å². The number of hydrogen-bond acceptors (Lipinski definition) is 18. The van der Waals surface area contributed by atoms with Crippen LogP contribution in [0.3, 0.4) is 0 Å². The summed E-state index contributed by atoms with van der Waals surface area (Å²) in [6.07, 6.45) is -16.5. The lowest BCUT2D eigenvalue weighted by Gasteiger charge is -2.48. The molecule has 0 saturated carbocycles. The van der Waals surface area contributed by atoms with Crippen molar-refractivity contribution in [3.63, 3.8) is 0 Å². The van der Waals surface area contributed by atoms with Crippen LogP contribution in [-0.2, 0) is 33.2 Å². The Bertz CT molecular complexity index is 1070. The zero-order valence-electron chi connectivity index (χ0n) is 30.2. The van der Waals surface area contributed by atoms with Gasteiger partial charge in [0.15, 0.2) is 18.9 Å². The van der Waals surface area contributed by atoms with Gasteiger partial charge < -0.3 is 89.9 Å². The number of aliphatic hydroxyl groups is 11. The van der Waals surface area contributed by atoms with Crippen LogP contribution in [0.2, 0.25) is 0 Å². The van der Waals surface area contributed by atoms with Crippen molar-refractivity contribution in [2.24, 2.45) is 0 Å². The highest BCUT2D eigenvalue weighted by Crippen LogP contribution is 2.32. The van der Waals surface area contributed by atoms with Crippen LogP contribution in [0.25, 0.3) is 0 Å². The molecule has 0 aromatic heterocycles. The van der Waals surface area contributed by atoms with E-state index in [0.717, 1.165) is 38.5 Å². The number of hydrogen-bond donors (Lipinski definition) is 12. The van der Waals surface area contributed by atoms with E-state index in [-0.39, 0.29) is 18.9 Å². The van der Waals surface area contributed by atoms with Crippen LogP contribution in [-0.4, -0.2) is 193 Å². The Morgan fingerprint density at radius 3 is 1.72 bits per heavy atom. The van der Waals surface area contributed by atoms with Crippen molar-refractivity contribution in [1.82, 2.24) is 5.32 Å². The van der Waals surface area contributed by atoms with Crippen molar-refractivity contribution in [3.8, 4) is 0 Å². The molecule has 3 aliphatic rings. The van der Waals surface area contributed by atoms with E-state index in [9.17, 15) is 61.0 Å². The molecule has 17 atom stereocenters. The van der Waals surface area contributed by atoms with Gasteiger partial charge in [-0.1, -0.05) is 51.7 Å². The summed E-state index contributed by atoms with van der Waals surface area (Å²) in [5.41, 5.74) is 0. The summed E-state index contributed by atoms with van der Waals surface area (Å²) in [4.78, 5) is 12.4. The summed E-state index contributed by atoms with van der Waals surface area (Å²) in [5.74, 6) is -0.338. The average Bonchev–Trinajstić information content (AvgIpc) is 3.14. The van der Waals surface area contributed by atoms with E-state index in [1.165, 1.54) is 0 Å². The maximum absolute atomic E-state index is 12.4. The van der Waals surface area contributed by atoms with Crippen molar-refractivity contribution in [1.29, 1.82) is 0 Å². The minimum Gasteiger partial charge on any atom is -0.394 e. The van der Waals surface area contributed by atoms with Gasteiger partial charge in [0.2, 0.25) is 5.91 Å². The minimum atomic E-state index is -1.97. The highest BCUT2D eigenvalue weighted by molar-refractivity contribution is 5.76. The van der Waals surface area contributed by atoms with Crippen molar-refractivity contribution >= 4 is 5.91 Å². The second-order valence-corrected chi connectivity index (χ2v) is 13.7. The Balaban J connectivity index is 1.64. The van der Waals surface area contributed by atoms with Crippen molar-refractivity contribution in [3.05, 3.63) is 12.2 Å². The highest BCUT2D eigenvalue weighted by Gasteiger charge is 2.53. The molecule has 0 spiro atoms. The van der Waals surface area contributed by atoms with Gasteiger partial charge in [-0.2, -0.15) is 0 Å². The topological polar surface area (TPSA) is 307 Å². The minimum absolute atomic E-state index is 0.193. The van der Waals surface area contributed by atoms with Crippen LogP contribution in [0, 0.1) is 0 Å². The summed E-state index contributed by atoms with van der Waals surface area (Å²) in [6.45, 7) is 1.17. The first kappa shape index (κ1) is 45.9. The fraction of sp³-hybridized carbons (Fsp3) is 0.912. The Morgan fingerprint density at radius 2 is 1.17 bits per heavy atom. The SMILES string of the molecule is CCCCCCC/C=C/C(O)C(COC1OC(CO)C(OC2OC(CO)C(OC3OC(CO)C(O)C(O)C3O)C(O)C2O)C(O)C1O)NC(=O)CCC. The highest BCUT2D eigenvalue weighted by atomic mass is 16.8. The molecule has 12 N–H and O–H groups in total. The first-order valence-electron chi connectivity index (χ1n) is 18.4. The standard InChI is InChI=1S/C34H61NO18/c1-3-5-6-7-8-9-10-12-18(39)17(35-22(40)11-4-2)16-48-32-28(46)25(43)30(20(14-37)50-32)53-34-29(47)26(44)31(21(15-38)51-34)52-33-27(45)24(42)23(41)19(13-36)49-33/h10,12,17-21,23-34,36-39,41-47H,3-9,11,13-16H2,1-2H3,(H,35,40)/b12-10+. The Kier molecular flexibility index (Phi) is 19.9. The van der Waals surface area contributed by atoms with Gasteiger partial charge in [-0.15, -0.1) is 0 Å². The van der Waals surface area contributed by atoms with Gasteiger partial charge in [-0.05, 0) is 19.3 Å². The first-order valence-corrected chi connectivity index (χ1v) is 18.4. The predicted octanol–water partition coefficient (Wildman–Crippen LogP) is -3.99. The zero-order chi connectivity index (χ0) is 39.2. The summed E-state index contributed by atoms with van der Waals surface area (Å²) in [7, 11) is 0. The van der Waals surface area contributed by atoms with Gasteiger partial charge in [0, 0.05) is 6.42 Å². The van der Waals surface area contributed by atoms with Crippen molar-refractivity contribution in [2.75, 3.05) is 26.4 Å². The molecule has 19 nitrogen and oxygen atoms in total. The van der Waals surface area contributed by atoms with Crippen LogP contribution in [0.4, 0.5) is 0 Å². The summed E-state index contributed by atoms with van der Waals surface area (Å²) >= 11 is 0. The molecule has 0 radical (unpaired) electrons. The largest absolute Gasteiger partial charge is 0.394 e. The second kappa shape index (κ2) is 22.9. The molecule has 0 aromatic carbocycles. The Labute approximate surface area is 308 Å². The third kappa shape index (κ3) is 12.5. The van der Waals surface area contributed by atoms with Gasteiger partial charge in [-0.3, -0.25) is 4.79 Å². The predicted molar refractivity (Wildman–Crippen MR) is 180 cm³/mol. The Morgan fingerprint density at radius 1 is 0.660 bits per heavy atom. The molecule has 0 aliphatic carbocycles. The number of allylic oxidation sites excluding steroid dienone is 1. The zero-order valence-corrected chi connectivity index (χ0v) is 30.2. The first-order chi connectivity index (χ1) is 25.3. The van der Waals surface area contributed by atoms with Gasteiger partial charge in [0.1, 0.15) is 73.2 Å². The van der Waals surface area contributed by atoms with Crippen LogP contribution in [0.15, 0.2) is 12.2 Å². The number of carbonyl (C=O) groups excluding carboxylic acids is 1. The molecule has 3 rings (SSSR count). The molecule has 310 valence electrons. The van der Waals surface area contributed by atoms with E-state index in [2.05, 4.69) is 12.2 Å². The molecule has 1 amide bonds. The number of carbonyl (C=O) groups is 1. The van der Waals surface area contributed by atoms with Crippen LogP contribution >= 0.6 is 0 Å². The second-order valence-electron chi connectivity index (χ2n) is 13.7. The van der Waals surface area contributed by atoms with Gasteiger partial charge in [-0.25, -0.2) is 0 Å². The fourth-order valence-electron chi connectivity index (χ4n) is 6.35. The molecule has 17 unspecified atom stereocenters. The van der Waals surface area contributed by atoms with Crippen molar-refractivity contribution in [2.45, 2.75) is 169 Å². The quantitative estimate of drug-likeness (QED) is 0.0391. The van der Waals surface area contributed by atoms with E-state index in [1.807, 2.05) is 13.0 Å². The molecular formula is C34H61NO18. The molecule has 3 aliphatic heterocycles. The van der Waals surface area contributed by atoms with E-state index in [1.54, 1.807) is 6.08 Å². The number of nitrogens with one attached hydrogen (secondary N) is 1. The molecule has 0 aromatic rings. The lowest BCUT2D eigenvalue weighted by Crippen LogP contribution is -2.66. The number of ether oxygens (including phenoxy) is 6. The molecule has 3 fully saturated rings. The maximum atomic E-state index is 12.4. The van der Waals surface area contributed by atoms with Gasteiger partial charge in [0.25, 0.3) is 0 Å². The van der Waals surface area contributed by atoms with E-state index < -0.39 is 124 Å². The molecule has 0 bridgehead atoms. The average molecular weight is 772 g/mol. The molecule has 53 heavy (non-hydrogen) atoms. The monoisotopic (exact) mass is 771 g/mol. The summed E-state index contributed by atoms with van der Waals surface area (Å²) < 4.78 is 33.5. The van der Waals surface area contributed by atoms with Gasteiger partial charge >= 0.3 is 0 Å². The number of rotatable bonds is 21. The molecular weight excluding hydrogens is 710 g/mol. The lowest BCUT2D eigenvalue weighted by atomic mass is 9.96. The van der Waals surface area contributed by atoms with Gasteiger partial charge in [0.05, 0.1) is 38.6 Å². The smallest absolute Gasteiger partial charge is 0.220 e. The third-order valence-electron chi connectivity index (χ3n) is 9.56. The van der Waals surface area contributed by atoms with Crippen molar-refractivity contribution < 1.29 is 89.4 Å². The summed E-state index contributed by atoms with van der Waals surface area (Å²) in [5, 5.41) is 117. The molecule has 3 heterocycles.